The van der Waals surface area contributed by atoms with Crippen molar-refractivity contribution in [2.75, 3.05) is 0 Å². The molecule has 0 heterocycles. The van der Waals surface area contributed by atoms with Crippen LogP contribution in [0, 0.1) is 5.92 Å². The Labute approximate surface area is 105 Å². The predicted octanol–water partition coefficient (Wildman–Crippen LogP) is 3.73. The van der Waals surface area contributed by atoms with Crippen molar-refractivity contribution in [3.8, 4) is 0 Å². The zero-order chi connectivity index (χ0) is 12.3. The summed E-state index contributed by atoms with van der Waals surface area (Å²) in [4.78, 5) is 0. The molecule has 0 aromatic heterocycles. The molecular formula is C16H24O. The second-order valence-electron chi connectivity index (χ2n) is 5.77. The quantitative estimate of drug-likeness (QED) is 0.842. The standard InChI is InChI=1S/C16H24O/c1-3-14-6-8-15(9-7-14)12-16(17)10-4-5-13(2)11-16/h6-9,13,17H,3-5,10-12H2,1-2H3. The molecule has 0 radical (unpaired) electrons. The molecule has 1 aliphatic rings. The van der Waals surface area contributed by atoms with E-state index in [1.54, 1.807) is 0 Å². The summed E-state index contributed by atoms with van der Waals surface area (Å²) in [5, 5.41) is 10.6. The maximum Gasteiger partial charge on any atom is 0.0690 e. The van der Waals surface area contributed by atoms with Crippen LogP contribution in [0.1, 0.15) is 50.7 Å². The molecule has 1 aromatic rings. The molecule has 2 unspecified atom stereocenters. The molecule has 1 fully saturated rings. The van der Waals surface area contributed by atoms with Gasteiger partial charge in [-0.3, -0.25) is 0 Å². The van der Waals surface area contributed by atoms with Crippen molar-refractivity contribution >= 4 is 0 Å². The van der Waals surface area contributed by atoms with Gasteiger partial charge in [0.1, 0.15) is 0 Å². The Bertz CT molecular complexity index is 354. The molecule has 1 heteroatoms. The molecule has 2 rings (SSSR count). The van der Waals surface area contributed by atoms with Crippen LogP contribution in [0.2, 0.25) is 0 Å². The lowest BCUT2D eigenvalue weighted by atomic mass is 9.76. The lowest BCUT2D eigenvalue weighted by Gasteiger charge is -2.35. The maximum atomic E-state index is 10.6. The lowest BCUT2D eigenvalue weighted by Crippen LogP contribution is -2.36. The number of hydrogen-bond acceptors (Lipinski definition) is 1. The Morgan fingerprint density at radius 2 is 1.88 bits per heavy atom. The van der Waals surface area contributed by atoms with Crippen LogP contribution in [0.5, 0.6) is 0 Å². The van der Waals surface area contributed by atoms with Gasteiger partial charge in [0.25, 0.3) is 0 Å². The third kappa shape index (κ3) is 3.32. The highest BCUT2D eigenvalue weighted by Gasteiger charge is 2.32. The zero-order valence-corrected chi connectivity index (χ0v) is 11.1. The highest BCUT2D eigenvalue weighted by molar-refractivity contribution is 5.24. The summed E-state index contributed by atoms with van der Waals surface area (Å²) >= 11 is 0. The first-order valence-corrected chi connectivity index (χ1v) is 6.91. The van der Waals surface area contributed by atoms with Crippen molar-refractivity contribution in [2.24, 2.45) is 5.92 Å². The Kier molecular flexibility index (Phi) is 3.88. The normalized spacial score (nSPS) is 29.2. The van der Waals surface area contributed by atoms with Crippen molar-refractivity contribution in [3.63, 3.8) is 0 Å². The number of aliphatic hydroxyl groups is 1. The molecule has 0 amide bonds. The van der Waals surface area contributed by atoms with Crippen LogP contribution in [-0.4, -0.2) is 10.7 Å². The molecule has 0 aliphatic heterocycles. The Morgan fingerprint density at radius 1 is 1.24 bits per heavy atom. The van der Waals surface area contributed by atoms with E-state index in [1.165, 1.54) is 24.0 Å². The van der Waals surface area contributed by atoms with E-state index in [-0.39, 0.29) is 0 Å². The van der Waals surface area contributed by atoms with Crippen molar-refractivity contribution in [3.05, 3.63) is 35.4 Å². The zero-order valence-electron chi connectivity index (χ0n) is 11.1. The molecule has 2 atom stereocenters. The molecule has 1 saturated carbocycles. The van der Waals surface area contributed by atoms with Crippen LogP contribution < -0.4 is 0 Å². The van der Waals surface area contributed by atoms with Crippen LogP contribution in [0.25, 0.3) is 0 Å². The van der Waals surface area contributed by atoms with Crippen LogP contribution in [0.3, 0.4) is 0 Å². The largest absolute Gasteiger partial charge is 0.390 e. The summed E-state index contributed by atoms with van der Waals surface area (Å²) in [6.45, 7) is 4.43. The lowest BCUT2D eigenvalue weighted by molar-refractivity contribution is -0.0123. The first kappa shape index (κ1) is 12.6. The summed E-state index contributed by atoms with van der Waals surface area (Å²) in [7, 11) is 0. The van der Waals surface area contributed by atoms with Gasteiger partial charge in [0.2, 0.25) is 0 Å². The monoisotopic (exact) mass is 232 g/mol. The average Bonchev–Trinajstić information content (AvgIpc) is 2.29. The van der Waals surface area contributed by atoms with Gasteiger partial charge >= 0.3 is 0 Å². The highest BCUT2D eigenvalue weighted by Crippen LogP contribution is 2.34. The topological polar surface area (TPSA) is 20.2 Å². The van der Waals surface area contributed by atoms with Gasteiger partial charge < -0.3 is 5.11 Å². The van der Waals surface area contributed by atoms with Crippen LogP contribution in [-0.2, 0) is 12.8 Å². The molecule has 0 bridgehead atoms. The molecule has 1 aliphatic carbocycles. The highest BCUT2D eigenvalue weighted by atomic mass is 16.3. The van der Waals surface area contributed by atoms with Gasteiger partial charge in [-0.05, 0) is 36.3 Å². The molecule has 1 nitrogen and oxygen atoms in total. The fourth-order valence-electron chi connectivity index (χ4n) is 3.07. The van der Waals surface area contributed by atoms with E-state index < -0.39 is 5.60 Å². The Morgan fingerprint density at radius 3 is 2.47 bits per heavy atom. The summed E-state index contributed by atoms with van der Waals surface area (Å²) in [6.07, 6.45) is 6.28. The van der Waals surface area contributed by atoms with Crippen molar-refractivity contribution in [1.82, 2.24) is 0 Å². The first-order valence-electron chi connectivity index (χ1n) is 6.91. The van der Waals surface area contributed by atoms with E-state index in [1.807, 2.05) is 0 Å². The average molecular weight is 232 g/mol. The van der Waals surface area contributed by atoms with Gasteiger partial charge in [0.15, 0.2) is 0 Å². The minimum absolute atomic E-state index is 0.453. The SMILES string of the molecule is CCc1ccc(CC2(O)CCCC(C)C2)cc1. The molecule has 0 spiro atoms. The van der Waals surface area contributed by atoms with E-state index in [4.69, 9.17) is 0 Å². The van der Waals surface area contributed by atoms with E-state index in [2.05, 4.69) is 38.1 Å². The number of rotatable bonds is 3. The summed E-state index contributed by atoms with van der Waals surface area (Å²) < 4.78 is 0. The fourth-order valence-corrected chi connectivity index (χ4v) is 3.07. The summed E-state index contributed by atoms with van der Waals surface area (Å²) in [5.74, 6) is 0.670. The maximum absolute atomic E-state index is 10.6. The van der Waals surface area contributed by atoms with Crippen LogP contribution >= 0.6 is 0 Å². The predicted molar refractivity (Wildman–Crippen MR) is 72.1 cm³/mol. The third-order valence-corrected chi connectivity index (χ3v) is 4.03. The van der Waals surface area contributed by atoms with Crippen LogP contribution in [0.4, 0.5) is 0 Å². The van der Waals surface area contributed by atoms with Gasteiger partial charge in [0.05, 0.1) is 5.60 Å². The Hall–Kier alpha value is -0.820. The molecular weight excluding hydrogens is 208 g/mol. The van der Waals surface area contributed by atoms with Crippen LogP contribution in [0.15, 0.2) is 24.3 Å². The Balaban J connectivity index is 2.03. The minimum Gasteiger partial charge on any atom is -0.390 e. The second kappa shape index (κ2) is 5.22. The fraction of sp³-hybridized carbons (Fsp3) is 0.625. The molecule has 94 valence electrons. The number of aryl methyl sites for hydroxylation is 1. The third-order valence-electron chi connectivity index (χ3n) is 4.03. The van der Waals surface area contributed by atoms with Gasteiger partial charge in [-0.2, -0.15) is 0 Å². The van der Waals surface area contributed by atoms with Gasteiger partial charge in [0, 0.05) is 6.42 Å². The van der Waals surface area contributed by atoms with Gasteiger partial charge in [-0.15, -0.1) is 0 Å². The van der Waals surface area contributed by atoms with Crippen molar-refractivity contribution in [2.45, 2.75) is 58.0 Å². The molecule has 1 aromatic carbocycles. The minimum atomic E-state index is -0.453. The second-order valence-corrected chi connectivity index (χ2v) is 5.77. The van der Waals surface area contributed by atoms with Gasteiger partial charge in [-0.1, -0.05) is 51.0 Å². The molecule has 1 N–H and O–H groups in total. The summed E-state index contributed by atoms with van der Waals surface area (Å²) in [6, 6.07) is 8.72. The van der Waals surface area contributed by atoms with E-state index in [0.717, 1.165) is 25.7 Å². The van der Waals surface area contributed by atoms with Gasteiger partial charge in [-0.25, -0.2) is 0 Å². The molecule has 0 saturated heterocycles. The van der Waals surface area contributed by atoms with E-state index in [0.29, 0.717) is 5.92 Å². The van der Waals surface area contributed by atoms with Crippen molar-refractivity contribution in [1.29, 1.82) is 0 Å². The van der Waals surface area contributed by atoms with Crippen molar-refractivity contribution < 1.29 is 5.11 Å². The number of hydrogen-bond donors (Lipinski definition) is 1. The smallest absolute Gasteiger partial charge is 0.0690 e. The van der Waals surface area contributed by atoms with E-state index >= 15 is 0 Å². The number of benzene rings is 1. The van der Waals surface area contributed by atoms with E-state index in [9.17, 15) is 5.11 Å². The summed E-state index contributed by atoms with van der Waals surface area (Å²) in [5.41, 5.74) is 2.20. The first-order chi connectivity index (χ1) is 8.11. The molecule has 17 heavy (non-hydrogen) atoms.